The number of aromatic amines is 2. The van der Waals surface area contributed by atoms with Gasteiger partial charge in [-0.15, -0.1) is 0 Å². The molecule has 0 spiro atoms. The first-order valence-corrected chi connectivity index (χ1v) is 50.3. The second-order valence-corrected chi connectivity index (χ2v) is 39.6. The molecule has 6 aromatic heterocycles. The number of ether oxygens (including phenoxy) is 6. The summed E-state index contributed by atoms with van der Waals surface area (Å²) in [5.74, 6) is 2.12. The van der Waals surface area contributed by atoms with E-state index in [1.807, 2.05) is 152 Å². The average Bonchev–Trinajstić information content (AvgIpc) is 1.68. The highest BCUT2D eigenvalue weighted by molar-refractivity contribution is 7.96. The third-order valence-electron chi connectivity index (χ3n) is 19.2. The monoisotopic (exact) mass is 1990 g/mol. The Balaban J connectivity index is 0.000000176. The topological polar surface area (TPSA) is 462 Å². The maximum absolute atomic E-state index is 12.8. The number of carbonyl (C=O) groups is 2. The number of hydrogen-bond acceptors (Lipinski definition) is 31. The Morgan fingerprint density at radius 1 is 0.396 bits per heavy atom. The molecular formula is C100H99FN8O25S5. The number of aliphatic hydroxyl groups excluding tert-OH is 1. The highest BCUT2D eigenvalue weighted by Crippen LogP contribution is 2.29. The number of hydrogen-bond donors (Lipinski definition) is 3. The van der Waals surface area contributed by atoms with Crippen LogP contribution in [0.2, 0.25) is 0 Å². The van der Waals surface area contributed by atoms with Gasteiger partial charge in [0.05, 0.1) is 93.6 Å². The number of esters is 2. The van der Waals surface area contributed by atoms with Crippen molar-refractivity contribution in [2.45, 2.75) is 68.9 Å². The third kappa shape index (κ3) is 32.1. The van der Waals surface area contributed by atoms with Gasteiger partial charge in [0.15, 0.2) is 45.1 Å². The van der Waals surface area contributed by atoms with E-state index in [0.717, 1.165) is 95.1 Å². The van der Waals surface area contributed by atoms with E-state index < -0.39 is 83.2 Å². The van der Waals surface area contributed by atoms with Gasteiger partial charge < -0.3 is 65.6 Å². The van der Waals surface area contributed by atoms with Crippen molar-refractivity contribution in [3.05, 3.63) is 366 Å². The number of benzene rings is 10. The zero-order valence-corrected chi connectivity index (χ0v) is 79.2. The quantitative estimate of drug-likeness (QED) is 0.0191. The predicted octanol–water partition coefficient (Wildman–Crippen LogP) is 16.1. The molecular weight excluding hydrogens is 1890 g/mol. The number of rotatable bonds is 34. The number of aliphatic hydroxyl groups is 1. The molecule has 0 fully saturated rings. The molecule has 6 heterocycles. The van der Waals surface area contributed by atoms with Gasteiger partial charge in [0, 0.05) is 106 Å². The Bertz CT molecular complexity index is 7280. The SMILES string of the molecule is C.COC(=O)/C(=C\N(C)C)S(=O)(=O)c1ccc(OCCc2coc(-c3ccccc3)n2)cc1.COC(=O)CS(=O)(=O)c1ccc(OCCc2coc(-c3ccccc3)n2)cc1.CS(=O)(=O)c1ccc(F)cc1.CS(=O)(=O)c1ccc(OCCc2coc(-c3ccccc3)n2)cc1.O=c1[nH][nH]cc1S(=O)(=O)c1ccc(OCCc2coc(-c3ccccc3)n2)cc1.OCCc1coc(-c2ccccc2)n1. The van der Waals surface area contributed by atoms with E-state index >= 15 is 0 Å². The summed E-state index contributed by atoms with van der Waals surface area (Å²) in [4.78, 5) is 57.8. The van der Waals surface area contributed by atoms with Gasteiger partial charge in [0.25, 0.3) is 5.56 Å². The fourth-order valence-electron chi connectivity index (χ4n) is 12.1. The zero-order chi connectivity index (χ0) is 98.7. The molecule has 0 aliphatic carbocycles. The van der Waals surface area contributed by atoms with Crippen molar-refractivity contribution in [1.82, 2.24) is 40.0 Å². The van der Waals surface area contributed by atoms with Crippen LogP contribution in [0.3, 0.4) is 0 Å². The van der Waals surface area contributed by atoms with E-state index in [0.29, 0.717) is 111 Å². The summed E-state index contributed by atoms with van der Waals surface area (Å²) in [6, 6.07) is 76.9. The molecule has 0 unspecified atom stereocenters. The summed E-state index contributed by atoms with van der Waals surface area (Å²) in [5, 5.41) is 13.3. The lowest BCUT2D eigenvalue weighted by Gasteiger charge is -2.12. The fourth-order valence-corrected chi connectivity index (χ4v) is 17.2. The molecule has 0 saturated carbocycles. The van der Waals surface area contributed by atoms with Gasteiger partial charge >= 0.3 is 11.9 Å². The van der Waals surface area contributed by atoms with Crippen LogP contribution in [0.1, 0.15) is 35.9 Å². The van der Waals surface area contributed by atoms with Gasteiger partial charge in [0.1, 0.15) is 60.1 Å². The molecule has 0 aliphatic rings. The van der Waals surface area contributed by atoms with E-state index in [-0.39, 0.29) is 43.4 Å². The van der Waals surface area contributed by atoms with Crippen LogP contribution in [0.4, 0.5) is 4.39 Å². The largest absolute Gasteiger partial charge is 0.493 e. The van der Waals surface area contributed by atoms with Crippen LogP contribution < -0.4 is 24.5 Å². The van der Waals surface area contributed by atoms with Gasteiger partial charge in [-0.1, -0.05) is 98.4 Å². The van der Waals surface area contributed by atoms with Crippen LogP contribution in [0.15, 0.2) is 378 Å². The van der Waals surface area contributed by atoms with E-state index in [1.54, 1.807) is 81.8 Å². The maximum Gasteiger partial charge on any atom is 0.351 e. The minimum absolute atomic E-state index is 0. The Kier molecular flexibility index (Phi) is 38.7. The highest BCUT2D eigenvalue weighted by atomic mass is 32.2. The average molecular weight is 1990 g/mol. The van der Waals surface area contributed by atoms with E-state index in [1.165, 1.54) is 90.2 Å². The van der Waals surface area contributed by atoms with Crippen molar-refractivity contribution >= 4 is 61.1 Å². The molecule has 16 rings (SSSR count). The van der Waals surface area contributed by atoms with Crippen molar-refractivity contribution in [3.63, 3.8) is 0 Å². The first kappa shape index (κ1) is 106. The molecule has 0 amide bonds. The lowest BCUT2D eigenvalue weighted by molar-refractivity contribution is -0.137. The second kappa shape index (κ2) is 51.0. The number of aromatic nitrogens is 7. The Labute approximate surface area is 802 Å². The summed E-state index contributed by atoms with van der Waals surface area (Å²) in [7, 11) is -12.5. The van der Waals surface area contributed by atoms with E-state index in [4.69, 9.17) is 46.1 Å². The maximum atomic E-state index is 12.8. The molecule has 0 radical (unpaired) electrons. The van der Waals surface area contributed by atoms with Gasteiger partial charge in [-0.3, -0.25) is 14.7 Å². The van der Waals surface area contributed by atoms with Crippen molar-refractivity contribution < 1.29 is 112 Å². The molecule has 3 N–H and O–H groups in total. The number of nitrogens with zero attached hydrogens (tertiary/aromatic N) is 6. The summed E-state index contributed by atoms with van der Waals surface area (Å²) in [6.07, 6.45) is 15.3. The lowest BCUT2D eigenvalue weighted by atomic mass is 10.2. The Hall–Kier alpha value is -15.4. The minimum atomic E-state index is -4.04. The van der Waals surface area contributed by atoms with Crippen molar-refractivity contribution in [3.8, 4) is 80.3 Å². The number of nitrogens with one attached hydrogen (secondary N) is 2. The molecule has 39 heteroatoms. The van der Waals surface area contributed by atoms with Gasteiger partial charge in [-0.2, -0.15) is 0 Å². The number of methoxy groups -OCH3 is 2. The van der Waals surface area contributed by atoms with Crippen LogP contribution >= 0.6 is 0 Å². The number of carbonyl (C=O) groups excluding carboxylic acids is 2. The third-order valence-corrected chi connectivity index (χ3v) is 26.6. The molecule has 726 valence electrons. The first-order chi connectivity index (χ1) is 66.2. The number of H-pyrrole nitrogens is 2. The van der Waals surface area contributed by atoms with Crippen LogP contribution in [0, 0.1) is 5.82 Å². The summed E-state index contributed by atoms with van der Waals surface area (Å²) in [6.45, 7) is 1.57. The summed E-state index contributed by atoms with van der Waals surface area (Å²) >= 11 is 0. The number of halogens is 1. The van der Waals surface area contributed by atoms with Crippen molar-refractivity contribution in [2.75, 3.05) is 79.6 Å². The van der Waals surface area contributed by atoms with Crippen molar-refractivity contribution in [2.24, 2.45) is 0 Å². The normalized spacial score (nSPS) is 11.3. The van der Waals surface area contributed by atoms with Gasteiger partial charge in [-0.25, -0.2) is 76.2 Å². The molecule has 33 nitrogen and oxygen atoms in total. The van der Waals surface area contributed by atoms with Crippen molar-refractivity contribution in [1.29, 1.82) is 0 Å². The number of oxazole rings is 5. The fraction of sp³-hybridized carbons (Fsp3) is 0.180. The molecule has 0 saturated heterocycles. The molecule has 0 bridgehead atoms. The van der Waals surface area contributed by atoms with Gasteiger partial charge in [-0.05, 0) is 182 Å². The minimum Gasteiger partial charge on any atom is -0.493 e. The van der Waals surface area contributed by atoms with Crippen LogP contribution in [0.5, 0.6) is 23.0 Å². The summed E-state index contributed by atoms with van der Waals surface area (Å²) in [5.41, 5.74) is 7.76. The van der Waals surface area contributed by atoms with E-state index in [2.05, 4.69) is 44.6 Å². The zero-order valence-electron chi connectivity index (χ0n) is 75.1. The number of sulfone groups is 5. The smallest absolute Gasteiger partial charge is 0.351 e. The molecule has 16 aromatic rings. The predicted molar refractivity (Wildman–Crippen MR) is 514 cm³/mol. The Morgan fingerprint density at radius 3 is 0.957 bits per heavy atom. The highest BCUT2D eigenvalue weighted by Gasteiger charge is 2.29. The lowest BCUT2D eigenvalue weighted by Crippen LogP contribution is -2.18. The first-order valence-electron chi connectivity index (χ1n) is 41.9. The van der Waals surface area contributed by atoms with E-state index in [9.17, 15) is 60.9 Å². The van der Waals surface area contributed by atoms with Crippen LogP contribution in [-0.2, 0) is 100 Å². The van der Waals surface area contributed by atoms with Gasteiger partial charge in [0.2, 0.25) is 49.1 Å². The molecule has 10 aromatic carbocycles. The Morgan fingerprint density at radius 2 is 0.683 bits per heavy atom. The molecule has 0 atom stereocenters. The second-order valence-electron chi connectivity index (χ2n) is 29.7. The summed E-state index contributed by atoms with van der Waals surface area (Å²) < 4.78 is 190. The van der Waals surface area contributed by atoms with Crippen LogP contribution in [0.25, 0.3) is 57.3 Å². The molecule has 139 heavy (non-hydrogen) atoms. The standard InChI is InChI=1S/C23H24N2O6S.C20H17N3O5S.C20H19NO6S.C18H17NO4S.C11H11NO2.C7H7FO2S.CH4/c1-25(2)15-21(23(26)29-3)32(27,28)20-11-9-19(10-12-20)30-14-13-18-16-31-22(24-18)17-7-5-4-6-8-17;24-19-18(12-21-23-19)29(25,26)17-8-6-16(7-9-17)27-11-10-15-13-28-20(22-15)14-4-2-1-3-5-14;1-25-19(22)14-28(23,24)18-9-7-17(8-10-18)26-12-11-16-13-27-20(21-16)15-5-3-2-4-6-15;1-24(20,21)17-9-7-16(8-10-17)22-12-11-15-13-23-18(19-15)14-5-3-2-4-6-14;13-7-6-10-8-14-11(12-10)9-4-2-1-3-5-9;1-11(9,10)7-4-2-6(8)3-5-7;/h4-12,15-16H,13-14H2,1-3H3;1-9,12-13H,10-11H2,(H2,21,23,24);2-10,13H,11-12,14H2,1H3;2-10,13H,11-12H2,1H3;1-5,8,13H,6-7H2;2-5H,1H3;1H4/b21-15+;;;;;;. The van der Waals surface area contributed by atoms with Crippen LogP contribution in [-0.4, -0.2) is 179 Å². The molecule has 0 aliphatic heterocycles.